The third kappa shape index (κ3) is 2.49. The first-order valence-electron chi connectivity index (χ1n) is 7.81. The maximum absolute atomic E-state index is 12.6. The van der Waals surface area contributed by atoms with Crippen molar-refractivity contribution in [2.24, 2.45) is 0 Å². The van der Waals surface area contributed by atoms with Crippen molar-refractivity contribution in [3.63, 3.8) is 0 Å². The summed E-state index contributed by atoms with van der Waals surface area (Å²) in [4.78, 5) is 14.1. The second-order valence-electron chi connectivity index (χ2n) is 6.17. The number of amides is 1. The van der Waals surface area contributed by atoms with Crippen LogP contribution in [0.25, 0.3) is 0 Å². The summed E-state index contributed by atoms with van der Waals surface area (Å²) in [7, 11) is -0.305. The Balaban J connectivity index is 2.43. The fourth-order valence-electron chi connectivity index (χ4n) is 4.14. The van der Waals surface area contributed by atoms with Gasteiger partial charge in [-0.25, -0.2) is 0 Å². The highest BCUT2D eigenvalue weighted by Gasteiger charge is 2.55. The topological polar surface area (TPSA) is 60.9 Å². The average Bonchev–Trinajstić information content (AvgIpc) is 2.75. The van der Waals surface area contributed by atoms with Crippen molar-refractivity contribution in [1.82, 2.24) is 13.5 Å². The van der Waals surface area contributed by atoms with Gasteiger partial charge in [-0.05, 0) is 32.6 Å². The van der Waals surface area contributed by atoms with Crippen molar-refractivity contribution in [1.29, 1.82) is 0 Å². The summed E-state index contributed by atoms with van der Waals surface area (Å²) in [6.45, 7) is 5.21. The van der Waals surface area contributed by atoms with Gasteiger partial charge >= 0.3 is 0 Å². The second kappa shape index (κ2) is 5.85. The molecule has 2 heterocycles. The van der Waals surface area contributed by atoms with Gasteiger partial charge in [0.1, 0.15) is 0 Å². The van der Waals surface area contributed by atoms with Gasteiger partial charge in [0.05, 0.1) is 5.54 Å². The lowest BCUT2D eigenvalue weighted by Crippen LogP contribution is -2.65. The number of hydrogen-bond donors (Lipinski definition) is 0. The highest BCUT2D eigenvalue weighted by atomic mass is 32.2. The zero-order valence-electron chi connectivity index (χ0n) is 13.5. The van der Waals surface area contributed by atoms with Crippen molar-refractivity contribution in [2.45, 2.75) is 57.5 Å². The molecule has 0 radical (unpaired) electrons. The predicted molar refractivity (Wildman–Crippen MR) is 82.0 cm³/mol. The van der Waals surface area contributed by atoms with Crippen LogP contribution in [0.15, 0.2) is 0 Å². The summed E-state index contributed by atoms with van der Waals surface area (Å²) in [5.74, 6) is 0.167. The average molecular weight is 317 g/mol. The van der Waals surface area contributed by atoms with E-state index >= 15 is 0 Å². The molecular formula is C14H27N3O3S. The lowest BCUT2D eigenvalue weighted by molar-refractivity contribution is -0.133. The number of carbonyl (C=O) groups excluding carboxylic acids is 1. The van der Waals surface area contributed by atoms with Gasteiger partial charge in [-0.1, -0.05) is 6.92 Å². The van der Waals surface area contributed by atoms with E-state index < -0.39 is 10.2 Å². The lowest BCUT2D eigenvalue weighted by atomic mass is 9.79. The van der Waals surface area contributed by atoms with Crippen molar-refractivity contribution in [3.05, 3.63) is 0 Å². The molecule has 0 unspecified atom stereocenters. The van der Waals surface area contributed by atoms with Crippen molar-refractivity contribution >= 4 is 16.1 Å². The fraction of sp³-hybridized carbons (Fsp3) is 0.929. The van der Waals surface area contributed by atoms with Gasteiger partial charge in [-0.2, -0.15) is 17.0 Å². The Kier molecular flexibility index (Phi) is 4.66. The Morgan fingerprint density at radius 3 is 2.48 bits per heavy atom. The third-order valence-corrected chi connectivity index (χ3v) is 6.98. The van der Waals surface area contributed by atoms with Crippen LogP contribution in [0.4, 0.5) is 0 Å². The summed E-state index contributed by atoms with van der Waals surface area (Å²) in [6.07, 6.45) is 3.77. The van der Waals surface area contributed by atoms with E-state index in [-0.39, 0.29) is 17.5 Å². The Morgan fingerprint density at radius 2 is 1.95 bits per heavy atom. The first-order chi connectivity index (χ1) is 9.81. The van der Waals surface area contributed by atoms with E-state index in [0.29, 0.717) is 19.5 Å². The molecule has 2 fully saturated rings. The summed E-state index contributed by atoms with van der Waals surface area (Å²) in [6, 6.07) is -0.120. The SMILES string of the molecule is CC[C@H]1N(S(=O)(=O)N(C)C)CCC[C@@]12CCC(=O)N2CC. The molecule has 2 saturated heterocycles. The number of hydrogen-bond acceptors (Lipinski definition) is 3. The van der Waals surface area contributed by atoms with E-state index in [1.165, 1.54) is 4.31 Å². The molecule has 122 valence electrons. The summed E-state index contributed by atoms with van der Waals surface area (Å²) in [5.41, 5.74) is -0.304. The molecule has 1 spiro atoms. The van der Waals surface area contributed by atoms with Crippen LogP contribution in [0.3, 0.4) is 0 Å². The highest BCUT2D eigenvalue weighted by Crippen LogP contribution is 2.44. The highest BCUT2D eigenvalue weighted by molar-refractivity contribution is 7.86. The fourth-order valence-corrected chi connectivity index (χ4v) is 5.59. The van der Waals surface area contributed by atoms with E-state index in [1.54, 1.807) is 18.4 Å². The molecule has 2 aliphatic heterocycles. The minimum absolute atomic E-state index is 0.120. The molecule has 0 bridgehead atoms. The number of carbonyl (C=O) groups is 1. The van der Waals surface area contributed by atoms with Crippen LogP contribution in [0, 0.1) is 0 Å². The van der Waals surface area contributed by atoms with Crippen LogP contribution in [-0.2, 0) is 15.0 Å². The van der Waals surface area contributed by atoms with Crippen LogP contribution in [0.5, 0.6) is 0 Å². The molecule has 0 aromatic heterocycles. The van der Waals surface area contributed by atoms with Crippen LogP contribution < -0.4 is 0 Å². The number of nitrogens with zero attached hydrogens (tertiary/aromatic N) is 3. The zero-order valence-corrected chi connectivity index (χ0v) is 14.3. The first-order valence-corrected chi connectivity index (χ1v) is 9.20. The number of likely N-dealkylation sites (tertiary alicyclic amines) is 1. The van der Waals surface area contributed by atoms with Gasteiger partial charge < -0.3 is 4.90 Å². The monoisotopic (exact) mass is 317 g/mol. The van der Waals surface area contributed by atoms with Gasteiger partial charge in [0, 0.05) is 39.6 Å². The maximum Gasteiger partial charge on any atom is 0.281 e. The zero-order chi connectivity index (χ0) is 15.8. The van der Waals surface area contributed by atoms with E-state index in [9.17, 15) is 13.2 Å². The molecule has 2 aliphatic rings. The standard InChI is InChI=1S/C14H27N3O3S/c1-5-12-14(10-8-13(18)16(14)6-2)9-7-11-17(12)21(19,20)15(3)4/h12H,5-11H2,1-4H3/t12-,14-/m1/s1. The molecule has 7 heteroatoms. The minimum Gasteiger partial charge on any atom is -0.336 e. The number of piperidine rings is 1. The van der Waals surface area contributed by atoms with E-state index in [1.807, 2.05) is 18.7 Å². The molecule has 0 aromatic rings. The molecule has 1 amide bonds. The van der Waals surface area contributed by atoms with Crippen molar-refractivity contribution in [2.75, 3.05) is 27.2 Å². The van der Waals surface area contributed by atoms with Gasteiger partial charge in [0.25, 0.3) is 10.2 Å². The Labute approximate surface area is 128 Å². The van der Waals surface area contributed by atoms with Crippen molar-refractivity contribution in [3.8, 4) is 0 Å². The molecule has 0 aliphatic carbocycles. The molecule has 0 N–H and O–H groups in total. The normalized spacial score (nSPS) is 31.6. The summed E-state index contributed by atoms with van der Waals surface area (Å²) in [5, 5.41) is 0. The molecule has 0 aromatic carbocycles. The molecule has 6 nitrogen and oxygen atoms in total. The minimum atomic E-state index is -3.45. The smallest absolute Gasteiger partial charge is 0.281 e. The first kappa shape index (κ1) is 16.7. The van der Waals surface area contributed by atoms with E-state index in [0.717, 1.165) is 25.7 Å². The van der Waals surface area contributed by atoms with Gasteiger partial charge in [0.15, 0.2) is 0 Å². The number of likely N-dealkylation sites (N-methyl/N-ethyl adjacent to an activating group) is 1. The maximum atomic E-state index is 12.6. The van der Waals surface area contributed by atoms with Gasteiger partial charge in [-0.15, -0.1) is 0 Å². The number of rotatable bonds is 4. The van der Waals surface area contributed by atoms with Crippen LogP contribution in [0.2, 0.25) is 0 Å². The Morgan fingerprint density at radius 1 is 1.29 bits per heavy atom. The van der Waals surface area contributed by atoms with Crippen LogP contribution >= 0.6 is 0 Å². The predicted octanol–water partition coefficient (Wildman–Crippen LogP) is 1.05. The van der Waals surface area contributed by atoms with Crippen LogP contribution in [0.1, 0.15) is 46.0 Å². The third-order valence-electron chi connectivity index (χ3n) is 5.03. The Bertz CT molecular complexity index is 506. The summed E-state index contributed by atoms with van der Waals surface area (Å²) < 4.78 is 28.1. The second-order valence-corrected chi connectivity index (χ2v) is 8.27. The molecule has 2 rings (SSSR count). The molecule has 2 atom stereocenters. The van der Waals surface area contributed by atoms with Gasteiger partial charge in [-0.3, -0.25) is 4.79 Å². The Hall–Kier alpha value is -0.660. The van der Waals surface area contributed by atoms with Crippen molar-refractivity contribution < 1.29 is 13.2 Å². The molecule has 0 saturated carbocycles. The van der Waals surface area contributed by atoms with E-state index in [2.05, 4.69) is 0 Å². The van der Waals surface area contributed by atoms with E-state index in [4.69, 9.17) is 0 Å². The quantitative estimate of drug-likeness (QED) is 0.778. The molecule has 21 heavy (non-hydrogen) atoms. The largest absolute Gasteiger partial charge is 0.336 e. The van der Waals surface area contributed by atoms with Crippen LogP contribution in [-0.4, -0.2) is 66.6 Å². The molecular weight excluding hydrogens is 290 g/mol. The lowest BCUT2D eigenvalue weighted by Gasteiger charge is -2.51. The van der Waals surface area contributed by atoms with Gasteiger partial charge in [0.2, 0.25) is 5.91 Å². The summed E-state index contributed by atoms with van der Waals surface area (Å²) >= 11 is 0.